The molecule has 0 saturated heterocycles. The lowest BCUT2D eigenvalue weighted by Gasteiger charge is -2.03. The Hall–Kier alpha value is -2.34. The summed E-state index contributed by atoms with van der Waals surface area (Å²) in [6.45, 7) is 2.64. The third kappa shape index (κ3) is 3.65. The molecule has 7 heteroatoms. The van der Waals surface area contributed by atoms with Crippen LogP contribution in [0.25, 0.3) is 11.3 Å². The highest BCUT2D eigenvalue weighted by Gasteiger charge is 2.18. The van der Waals surface area contributed by atoms with Crippen molar-refractivity contribution in [1.29, 1.82) is 0 Å². The summed E-state index contributed by atoms with van der Waals surface area (Å²) >= 11 is 5.91. The molecule has 116 valence electrons. The lowest BCUT2D eigenvalue weighted by Crippen LogP contribution is -2.24. The zero-order chi connectivity index (χ0) is 16.1. The van der Waals surface area contributed by atoms with E-state index >= 15 is 0 Å². The van der Waals surface area contributed by atoms with E-state index in [2.05, 4.69) is 10.3 Å². The smallest absolute Gasteiger partial charge is 0.278 e. The summed E-state index contributed by atoms with van der Waals surface area (Å²) in [7, 11) is 0. The van der Waals surface area contributed by atoms with Crippen LogP contribution in [0.3, 0.4) is 0 Å². The van der Waals surface area contributed by atoms with E-state index in [1.54, 1.807) is 12.1 Å². The number of benzene rings is 1. The second-order valence-electron chi connectivity index (χ2n) is 4.81. The van der Waals surface area contributed by atoms with Crippen molar-refractivity contribution in [3.8, 4) is 11.3 Å². The Labute approximate surface area is 132 Å². The number of halogens is 1. The first-order chi connectivity index (χ1) is 10.5. The molecule has 2 aromatic rings. The number of nitro benzene ring substituents is 1. The first kappa shape index (κ1) is 16.0. The summed E-state index contributed by atoms with van der Waals surface area (Å²) in [6, 6.07) is 7.54. The molecule has 0 fully saturated rings. The minimum absolute atomic E-state index is 0.0656. The number of nitro groups is 1. The number of nitrogens with zero attached hydrogens (tertiary/aromatic N) is 1. The average Bonchev–Trinajstić information content (AvgIpc) is 2.96. The van der Waals surface area contributed by atoms with Gasteiger partial charge in [0, 0.05) is 17.6 Å². The number of carbonyl (C=O) groups is 1. The molecule has 0 aliphatic carbocycles. The zero-order valence-electron chi connectivity index (χ0n) is 12.1. The minimum Gasteiger partial charge on any atom is -0.351 e. The Morgan fingerprint density at radius 1 is 1.36 bits per heavy atom. The first-order valence-electron chi connectivity index (χ1n) is 6.94. The normalized spacial score (nSPS) is 10.5. The molecule has 6 nitrogen and oxygen atoms in total. The highest BCUT2D eigenvalue weighted by Crippen LogP contribution is 2.31. The fourth-order valence-electron chi connectivity index (χ4n) is 2.04. The average molecular weight is 322 g/mol. The van der Waals surface area contributed by atoms with Gasteiger partial charge in [0.15, 0.2) is 0 Å². The van der Waals surface area contributed by atoms with Gasteiger partial charge in [-0.15, -0.1) is 0 Å². The van der Waals surface area contributed by atoms with Crippen molar-refractivity contribution in [2.45, 2.75) is 19.8 Å². The van der Waals surface area contributed by atoms with E-state index < -0.39 is 4.92 Å². The molecule has 0 radical (unpaired) electrons. The number of carbonyl (C=O) groups excluding carboxylic acids is 1. The summed E-state index contributed by atoms with van der Waals surface area (Å²) < 4.78 is 0. The summed E-state index contributed by atoms with van der Waals surface area (Å²) in [4.78, 5) is 25.5. The lowest BCUT2D eigenvalue weighted by molar-refractivity contribution is -0.384. The Bertz CT molecular complexity index is 697. The molecule has 22 heavy (non-hydrogen) atoms. The van der Waals surface area contributed by atoms with Crippen LogP contribution in [0, 0.1) is 10.1 Å². The molecule has 2 N–H and O–H groups in total. The largest absolute Gasteiger partial charge is 0.351 e. The molecular weight excluding hydrogens is 306 g/mol. The summed E-state index contributed by atoms with van der Waals surface area (Å²) in [5.74, 6) is -0.232. The second-order valence-corrected chi connectivity index (χ2v) is 5.25. The maximum Gasteiger partial charge on any atom is 0.278 e. The Morgan fingerprint density at radius 3 is 2.82 bits per heavy atom. The number of hydrogen-bond acceptors (Lipinski definition) is 3. The lowest BCUT2D eigenvalue weighted by atomic mass is 10.1. The van der Waals surface area contributed by atoms with Crippen LogP contribution in [0.1, 0.15) is 30.3 Å². The molecule has 0 atom stereocenters. The third-order valence-electron chi connectivity index (χ3n) is 3.19. The van der Waals surface area contributed by atoms with Crippen LogP contribution in [0.4, 0.5) is 5.69 Å². The van der Waals surface area contributed by atoms with Crippen molar-refractivity contribution >= 4 is 23.2 Å². The number of amides is 1. The molecule has 0 aliphatic rings. The van der Waals surface area contributed by atoms with E-state index in [0.717, 1.165) is 12.8 Å². The van der Waals surface area contributed by atoms with Crippen LogP contribution in [0.2, 0.25) is 5.02 Å². The molecule has 1 amide bonds. The molecule has 0 saturated carbocycles. The summed E-state index contributed by atoms with van der Waals surface area (Å²) in [6.07, 6.45) is 1.89. The van der Waals surface area contributed by atoms with E-state index in [-0.39, 0.29) is 11.6 Å². The number of hydrogen-bond donors (Lipinski definition) is 2. The highest BCUT2D eigenvalue weighted by molar-refractivity contribution is 6.31. The summed E-state index contributed by atoms with van der Waals surface area (Å²) in [5.41, 5.74) is 1.13. The Kier molecular flexibility index (Phi) is 5.16. The van der Waals surface area contributed by atoms with Gasteiger partial charge in [-0.1, -0.05) is 24.9 Å². The van der Waals surface area contributed by atoms with Gasteiger partial charge in [-0.05, 0) is 30.7 Å². The number of unbranched alkanes of at least 4 members (excludes halogenated alkanes) is 1. The van der Waals surface area contributed by atoms with Gasteiger partial charge in [0.05, 0.1) is 16.2 Å². The molecule has 1 aromatic heterocycles. The molecule has 0 spiro atoms. The van der Waals surface area contributed by atoms with Gasteiger partial charge in [-0.2, -0.15) is 0 Å². The standard InChI is InChI=1S/C15H16ClN3O3/c1-2-3-8-17-15(20)13-6-5-12(18-13)11-9-10(16)4-7-14(11)19(21)22/h4-7,9,18H,2-3,8H2,1H3,(H,17,20). The summed E-state index contributed by atoms with van der Waals surface area (Å²) in [5, 5.41) is 14.3. The van der Waals surface area contributed by atoms with Gasteiger partial charge < -0.3 is 10.3 Å². The van der Waals surface area contributed by atoms with Gasteiger partial charge >= 0.3 is 0 Å². The van der Waals surface area contributed by atoms with Crippen molar-refractivity contribution in [1.82, 2.24) is 10.3 Å². The Balaban J connectivity index is 2.26. The van der Waals surface area contributed by atoms with E-state index in [1.807, 2.05) is 6.92 Å². The molecule has 2 rings (SSSR count). The van der Waals surface area contributed by atoms with Crippen molar-refractivity contribution in [3.05, 3.63) is 51.2 Å². The SMILES string of the molecule is CCCCNC(=O)c1ccc(-c2cc(Cl)ccc2[N+](=O)[O-])[nH]1. The van der Waals surface area contributed by atoms with E-state index in [1.165, 1.54) is 18.2 Å². The maximum atomic E-state index is 11.9. The molecular formula is C15H16ClN3O3. The van der Waals surface area contributed by atoms with Crippen LogP contribution in [-0.4, -0.2) is 22.4 Å². The van der Waals surface area contributed by atoms with Crippen LogP contribution >= 0.6 is 11.6 Å². The zero-order valence-corrected chi connectivity index (χ0v) is 12.8. The number of rotatable bonds is 6. The minimum atomic E-state index is -0.479. The molecule has 1 aromatic carbocycles. The molecule has 0 unspecified atom stereocenters. The van der Waals surface area contributed by atoms with Crippen LogP contribution in [0.5, 0.6) is 0 Å². The first-order valence-corrected chi connectivity index (χ1v) is 7.32. The Morgan fingerprint density at radius 2 is 2.14 bits per heavy atom. The third-order valence-corrected chi connectivity index (χ3v) is 3.43. The molecule has 1 heterocycles. The predicted molar refractivity (Wildman–Crippen MR) is 85.1 cm³/mol. The monoisotopic (exact) mass is 321 g/mol. The van der Waals surface area contributed by atoms with Crippen molar-refractivity contribution < 1.29 is 9.72 Å². The van der Waals surface area contributed by atoms with E-state index in [0.29, 0.717) is 28.5 Å². The van der Waals surface area contributed by atoms with Crippen molar-refractivity contribution in [2.75, 3.05) is 6.54 Å². The van der Waals surface area contributed by atoms with Crippen LogP contribution < -0.4 is 5.32 Å². The van der Waals surface area contributed by atoms with E-state index in [9.17, 15) is 14.9 Å². The fraction of sp³-hybridized carbons (Fsp3) is 0.267. The quantitative estimate of drug-likeness (QED) is 0.482. The van der Waals surface area contributed by atoms with Gasteiger partial charge in [-0.25, -0.2) is 0 Å². The van der Waals surface area contributed by atoms with Gasteiger partial charge in [-0.3, -0.25) is 14.9 Å². The van der Waals surface area contributed by atoms with Gasteiger partial charge in [0.25, 0.3) is 11.6 Å². The second kappa shape index (κ2) is 7.09. The molecule has 0 bridgehead atoms. The maximum absolute atomic E-state index is 11.9. The van der Waals surface area contributed by atoms with Crippen molar-refractivity contribution in [3.63, 3.8) is 0 Å². The van der Waals surface area contributed by atoms with Crippen LogP contribution in [-0.2, 0) is 0 Å². The topological polar surface area (TPSA) is 88.0 Å². The van der Waals surface area contributed by atoms with Gasteiger partial charge in [0.2, 0.25) is 0 Å². The number of H-pyrrole nitrogens is 1. The number of nitrogens with one attached hydrogen (secondary N) is 2. The fourth-order valence-corrected chi connectivity index (χ4v) is 2.21. The number of aromatic amines is 1. The number of aromatic nitrogens is 1. The predicted octanol–water partition coefficient (Wildman–Crippen LogP) is 3.77. The molecule has 0 aliphatic heterocycles. The van der Waals surface area contributed by atoms with E-state index in [4.69, 9.17) is 11.6 Å². The van der Waals surface area contributed by atoms with Gasteiger partial charge in [0.1, 0.15) is 5.69 Å². The highest BCUT2D eigenvalue weighted by atomic mass is 35.5. The van der Waals surface area contributed by atoms with Crippen LogP contribution in [0.15, 0.2) is 30.3 Å². The van der Waals surface area contributed by atoms with Crippen molar-refractivity contribution in [2.24, 2.45) is 0 Å².